The molecule has 0 saturated carbocycles. The molecule has 5 nitrogen and oxygen atoms in total. The molecule has 2 aliphatic heterocycles. The fourth-order valence-corrected chi connectivity index (χ4v) is 3.95. The van der Waals surface area contributed by atoms with Crippen LogP contribution in [0.2, 0.25) is 0 Å². The second kappa shape index (κ2) is 4.53. The van der Waals surface area contributed by atoms with Crippen molar-refractivity contribution in [2.24, 2.45) is 11.8 Å². The largest absolute Gasteiger partial charge is 0.469 e. The van der Waals surface area contributed by atoms with Gasteiger partial charge in [0, 0.05) is 12.8 Å². The molecule has 0 aromatic rings. The molecule has 0 aromatic carbocycles. The fraction of sp³-hybridized carbons (Fsp3) is 0.846. The van der Waals surface area contributed by atoms with E-state index in [1.165, 1.54) is 19.1 Å². The molecule has 1 N–H and O–H groups in total. The lowest BCUT2D eigenvalue weighted by molar-refractivity contribution is -0.948. The van der Waals surface area contributed by atoms with Gasteiger partial charge in [0.05, 0.1) is 20.8 Å². The number of rotatable bonds is 2. The molecule has 4 atom stereocenters. The van der Waals surface area contributed by atoms with Crippen LogP contribution in [0.3, 0.4) is 0 Å². The van der Waals surface area contributed by atoms with E-state index in [4.69, 9.17) is 9.47 Å². The summed E-state index contributed by atoms with van der Waals surface area (Å²) in [5.74, 6) is -1.34. The third-order valence-corrected chi connectivity index (χ3v) is 4.74. The van der Waals surface area contributed by atoms with Crippen molar-refractivity contribution in [1.29, 1.82) is 0 Å². The summed E-state index contributed by atoms with van der Waals surface area (Å²) in [7, 11) is 2.77. The summed E-state index contributed by atoms with van der Waals surface area (Å²) in [4.78, 5) is 25.4. The number of carbonyl (C=O) groups excluding carboxylic acids is 2. The minimum Gasteiger partial charge on any atom is -0.469 e. The fourth-order valence-electron chi connectivity index (χ4n) is 3.95. The van der Waals surface area contributed by atoms with Gasteiger partial charge in [-0.2, -0.15) is 0 Å². The minimum absolute atomic E-state index is 0.191. The Kier molecular flexibility index (Phi) is 3.36. The number of methoxy groups -OCH3 is 2. The molecule has 0 amide bonds. The van der Waals surface area contributed by atoms with Crippen molar-refractivity contribution in [3.05, 3.63) is 0 Å². The molecule has 18 heavy (non-hydrogen) atoms. The zero-order valence-corrected chi connectivity index (χ0v) is 11.5. The first-order valence-corrected chi connectivity index (χ1v) is 6.47. The van der Waals surface area contributed by atoms with E-state index < -0.39 is 5.92 Å². The molecule has 0 bridgehead atoms. The molecule has 2 fully saturated rings. The zero-order valence-electron chi connectivity index (χ0n) is 11.5. The molecule has 0 spiro atoms. The molecular weight excluding hydrogens is 234 g/mol. The van der Waals surface area contributed by atoms with Gasteiger partial charge in [0.15, 0.2) is 0 Å². The average molecular weight is 256 g/mol. The van der Waals surface area contributed by atoms with Crippen molar-refractivity contribution in [2.45, 2.75) is 38.3 Å². The molecule has 1 unspecified atom stereocenters. The van der Waals surface area contributed by atoms with Gasteiger partial charge in [-0.05, 0) is 13.8 Å². The molecule has 2 saturated heterocycles. The van der Waals surface area contributed by atoms with E-state index in [9.17, 15) is 9.59 Å². The Morgan fingerprint density at radius 1 is 1.17 bits per heavy atom. The van der Waals surface area contributed by atoms with Crippen molar-refractivity contribution >= 4 is 11.9 Å². The highest BCUT2D eigenvalue weighted by Gasteiger charge is 2.65. The van der Waals surface area contributed by atoms with Crippen LogP contribution in [0.4, 0.5) is 0 Å². The third kappa shape index (κ3) is 1.72. The van der Waals surface area contributed by atoms with E-state index in [-0.39, 0.29) is 29.4 Å². The maximum atomic E-state index is 12.0. The number of fused-ring (bicyclic) bond motifs is 1. The van der Waals surface area contributed by atoms with Crippen LogP contribution >= 0.6 is 0 Å². The second-order valence-corrected chi connectivity index (χ2v) is 5.80. The van der Waals surface area contributed by atoms with Gasteiger partial charge in [-0.25, -0.2) is 0 Å². The van der Waals surface area contributed by atoms with E-state index in [1.54, 1.807) is 0 Å². The van der Waals surface area contributed by atoms with Crippen molar-refractivity contribution in [3.63, 3.8) is 0 Å². The number of hydrogen-bond donors (Lipinski definition) is 1. The second-order valence-electron chi connectivity index (χ2n) is 5.80. The van der Waals surface area contributed by atoms with Gasteiger partial charge in [0.2, 0.25) is 0 Å². The maximum absolute atomic E-state index is 12.0. The van der Waals surface area contributed by atoms with Gasteiger partial charge < -0.3 is 14.4 Å². The van der Waals surface area contributed by atoms with Crippen LogP contribution < -0.4 is 4.90 Å². The lowest BCUT2D eigenvalue weighted by Crippen LogP contribution is -3.19. The van der Waals surface area contributed by atoms with Gasteiger partial charge >= 0.3 is 11.9 Å². The SMILES string of the molecule is COC(=O)[C@@H]1[C@H]2CCC[NH+]2C(C)(C)[C@H]1C(=O)OC. The Labute approximate surface area is 107 Å². The molecule has 2 rings (SSSR count). The van der Waals surface area contributed by atoms with Crippen molar-refractivity contribution in [2.75, 3.05) is 20.8 Å². The average Bonchev–Trinajstić information content (AvgIpc) is 2.89. The van der Waals surface area contributed by atoms with Crippen molar-refractivity contribution in [3.8, 4) is 0 Å². The number of ether oxygens (including phenoxy) is 2. The van der Waals surface area contributed by atoms with Crippen LogP contribution in [0.1, 0.15) is 26.7 Å². The number of hydrogen-bond acceptors (Lipinski definition) is 4. The Balaban J connectivity index is 2.39. The number of esters is 2. The Morgan fingerprint density at radius 3 is 2.33 bits per heavy atom. The van der Waals surface area contributed by atoms with E-state index in [0.717, 1.165) is 19.4 Å². The molecule has 102 valence electrons. The molecule has 2 aliphatic rings. The normalized spacial score (nSPS) is 37.1. The van der Waals surface area contributed by atoms with Crippen LogP contribution in [0, 0.1) is 11.8 Å². The van der Waals surface area contributed by atoms with Crippen LogP contribution in [0.5, 0.6) is 0 Å². The molecular formula is C13H22NO4+. The minimum atomic E-state index is -0.407. The molecule has 0 aromatic heterocycles. The summed E-state index contributed by atoms with van der Waals surface area (Å²) in [6.07, 6.45) is 2.08. The predicted octanol–water partition coefficient (Wildman–Crippen LogP) is -0.596. The molecule has 2 heterocycles. The topological polar surface area (TPSA) is 57.0 Å². The van der Waals surface area contributed by atoms with Gasteiger partial charge in [-0.15, -0.1) is 0 Å². The quantitative estimate of drug-likeness (QED) is 0.671. The standard InChI is InChI=1S/C13H21NO4/c1-13(2)10(12(16)18-4)9(11(15)17-3)8-6-5-7-14(8)13/h8-10H,5-7H2,1-4H3/p+1/t8-,9-,10-/m1/s1. The lowest BCUT2D eigenvalue weighted by Gasteiger charge is -2.30. The van der Waals surface area contributed by atoms with Crippen LogP contribution in [-0.4, -0.2) is 44.3 Å². The van der Waals surface area contributed by atoms with Crippen LogP contribution in [0.25, 0.3) is 0 Å². The maximum Gasteiger partial charge on any atom is 0.316 e. The first-order chi connectivity index (χ1) is 8.45. The lowest BCUT2D eigenvalue weighted by atomic mass is 9.79. The van der Waals surface area contributed by atoms with E-state index in [0.29, 0.717) is 0 Å². The first-order valence-electron chi connectivity index (χ1n) is 6.47. The predicted molar refractivity (Wildman–Crippen MR) is 63.9 cm³/mol. The highest BCUT2D eigenvalue weighted by atomic mass is 16.5. The Bertz CT molecular complexity index is 366. The zero-order chi connectivity index (χ0) is 13.5. The summed E-state index contributed by atoms with van der Waals surface area (Å²) >= 11 is 0. The van der Waals surface area contributed by atoms with Crippen molar-refractivity contribution in [1.82, 2.24) is 0 Å². The number of quaternary nitrogens is 1. The molecule has 0 radical (unpaired) electrons. The van der Waals surface area contributed by atoms with E-state index >= 15 is 0 Å². The smallest absolute Gasteiger partial charge is 0.316 e. The Hall–Kier alpha value is -1.10. The van der Waals surface area contributed by atoms with Gasteiger partial charge in [0.25, 0.3) is 0 Å². The van der Waals surface area contributed by atoms with Gasteiger partial charge in [-0.1, -0.05) is 0 Å². The third-order valence-electron chi connectivity index (χ3n) is 4.74. The van der Waals surface area contributed by atoms with E-state index in [1.807, 2.05) is 13.8 Å². The first kappa shape index (κ1) is 13.3. The summed E-state index contributed by atoms with van der Waals surface area (Å²) < 4.78 is 9.80. The molecule has 5 heteroatoms. The Morgan fingerprint density at radius 2 is 1.78 bits per heavy atom. The van der Waals surface area contributed by atoms with Crippen LogP contribution in [0.15, 0.2) is 0 Å². The highest BCUT2D eigenvalue weighted by molar-refractivity contribution is 5.84. The van der Waals surface area contributed by atoms with Gasteiger partial charge in [-0.3, -0.25) is 9.59 Å². The van der Waals surface area contributed by atoms with Crippen molar-refractivity contribution < 1.29 is 24.0 Å². The summed E-state index contributed by atoms with van der Waals surface area (Å²) in [5, 5.41) is 0. The summed E-state index contributed by atoms with van der Waals surface area (Å²) in [5.41, 5.74) is -0.271. The van der Waals surface area contributed by atoms with Crippen LogP contribution in [-0.2, 0) is 19.1 Å². The number of carbonyl (C=O) groups is 2. The highest BCUT2D eigenvalue weighted by Crippen LogP contribution is 2.36. The summed E-state index contributed by atoms with van der Waals surface area (Å²) in [6, 6.07) is 0.191. The monoisotopic (exact) mass is 256 g/mol. The summed E-state index contributed by atoms with van der Waals surface area (Å²) in [6.45, 7) is 5.11. The molecule has 0 aliphatic carbocycles. The van der Waals surface area contributed by atoms with E-state index in [2.05, 4.69) is 0 Å². The van der Waals surface area contributed by atoms with Gasteiger partial charge in [0.1, 0.15) is 23.4 Å². The number of nitrogens with one attached hydrogen (secondary N) is 1.